The number of para-hydroxylation sites is 1. The molecule has 0 saturated heterocycles. The van der Waals surface area contributed by atoms with E-state index in [1.54, 1.807) is 12.1 Å². The van der Waals surface area contributed by atoms with Gasteiger partial charge in [0.25, 0.3) is 5.91 Å². The maximum absolute atomic E-state index is 13.5. The number of hydrogen-bond acceptors (Lipinski definition) is 3. The van der Waals surface area contributed by atoms with Crippen molar-refractivity contribution in [3.05, 3.63) is 65.1 Å². The molecule has 1 heterocycles. The number of carbonyl (C=O) groups excluding carboxylic acids is 2. The Labute approximate surface area is 141 Å². The summed E-state index contributed by atoms with van der Waals surface area (Å²) in [5.41, 5.74) is 1.04. The van der Waals surface area contributed by atoms with Gasteiger partial charge in [-0.1, -0.05) is 29.8 Å². The summed E-state index contributed by atoms with van der Waals surface area (Å²) >= 11 is 5.74. The maximum Gasteiger partial charge on any atom is 0.340 e. The van der Waals surface area contributed by atoms with Crippen molar-refractivity contribution in [2.24, 2.45) is 0 Å². The van der Waals surface area contributed by atoms with Gasteiger partial charge in [-0.3, -0.25) is 4.79 Å². The molecule has 0 unspecified atom stereocenters. The highest BCUT2D eigenvalue weighted by Gasteiger charge is 2.15. The Morgan fingerprint density at radius 2 is 2.00 bits per heavy atom. The predicted octanol–water partition coefficient (Wildman–Crippen LogP) is 3.76. The molecule has 7 heteroatoms. The van der Waals surface area contributed by atoms with Crippen LogP contribution < -0.4 is 5.32 Å². The summed E-state index contributed by atoms with van der Waals surface area (Å²) in [6, 6.07) is 11.0. The van der Waals surface area contributed by atoms with Gasteiger partial charge in [-0.05, 0) is 24.3 Å². The van der Waals surface area contributed by atoms with Gasteiger partial charge in [0.15, 0.2) is 6.61 Å². The summed E-state index contributed by atoms with van der Waals surface area (Å²) < 4.78 is 18.5. The van der Waals surface area contributed by atoms with Crippen molar-refractivity contribution in [1.29, 1.82) is 0 Å². The topological polar surface area (TPSA) is 71.2 Å². The molecule has 0 aliphatic carbocycles. The minimum atomic E-state index is -0.663. The van der Waals surface area contributed by atoms with Gasteiger partial charge >= 0.3 is 5.97 Å². The van der Waals surface area contributed by atoms with E-state index in [9.17, 15) is 14.0 Å². The van der Waals surface area contributed by atoms with E-state index < -0.39 is 24.3 Å². The van der Waals surface area contributed by atoms with Crippen LogP contribution in [-0.2, 0) is 9.53 Å². The van der Waals surface area contributed by atoms with Gasteiger partial charge in [-0.2, -0.15) is 0 Å². The first-order chi connectivity index (χ1) is 11.5. The third kappa shape index (κ3) is 3.38. The number of amides is 1. The molecule has 0 spiro atoms. The lowest BCUT2D eigenvalue weighted by Gasteiger charge is -2.07. The second-order valence-electron chi connectivity index (χ2n) is 5.00. The molecule has 3 rings (SSSR count). The van der Waals surface area contributed by atoms with Gasteiger partial charge in [0.2, 0.25) is 0 Å². The van der Waals surface area contributed by atoms with Gasteiger partial charge in [0, 0.05) is 22.1 Å². The van der Waals surface area contributed by atoms with Crippen LogP contribution >= 0.6 is 11.6 Å². The predicted molar refractivity (Wildman–Crippen MR) is 88.6 cm³/mol. The standard InChI is InChI=1S/C17H12ClFN2O3/c18-10-5-6-13(19)15(7-10)21-16(22)9-24-17(23)12-8-20-14-4-2-1-3-11(12)14/h1-8,20H,9H2,(H,21,22). The van der Waals surface area contributed by atoms with Crippen LogP contribution in [0.15, 0.2) is 48.7 Å². The zero-order chi connectivity index (χ0) is 17.1. The second kappa shape index (κ2) is 6.72. The second-order valence-corrected chi connectivity index (χ2v) is 5.43. The normalized spacial score (nSPS) is 10.6. The molecule has 2 N–H and O–H groups in total. The monoisotopic (exact) mass is 346 g/mol. The summed E-state index contributed by atoms with van der Waals surface area (Å²) in [6.07, 6.45) is 1.52. The van der Waals surface area contributed by atoms with E-state index >= 15 is 0 Å². The highest BCUT2D eigenvalue weighted by molar-refractivity contribution is 6.30. The van der Waals surface area contributed by atoms with E-state index in [0.717, 1.165) is 11.6 Å². The number of rotatable bonds is 4. The number of aromatic nitrogens is 1. The Bertz CT molecular complexity index is 923. The number of carbonyl (C=O) groups is 2. The van der Waals surface area contributed by atoms with Crippen molar-refractivity contribution in [2.45, 2.75) is 0 Å². The number of fused-ring (bicyclic) bond motifs is 1. The number of halogens is 2. The number of nitrogens with one attached hydrogen (secondary N) is 2. The smallest absolute Gasteiger partial charge is 0.340 e. The molecule has 0 bridgehead atoms. The van der Waals surface area contributed by atoms with E-state index in [2.05, 4.69) is 10.3 Å². The molecule has 0 radical (unpaired) electrons. The van der Waals surface area contributed by atoms with Crippen molar-refractivity contribution in [3.63, 3.8) is 0 Å². The molecule has 0 fully saturated rings. The van der Waals surface area contributed by atoms with Crippen molar-refractivity contribution in [2.75, 3.05) is 11.9 Å². The molecule has 0 aliphatic heterocycles. The fourth-order valence-corrected chi connectivity index (χ4v) is 2.40. The Kier molecular flexibility index (Phi) is 4.48. The molecule has 2 aromatic carbocycles. The molecule has 0 atom stereocenters. The molecule has 3 aromatic rings. The van der Waals surface area contributed by atoms with Crippen LogP contribution in [0.5, 0.6) is 0 Å². The Hall–Kier alpha value is -2.86. The molecule has 5 nitrogen and oxygen atoms in total. The SMILES string of the molecule is O=C(COC(=O)c1c[nH]c2ccccc12)Nc1cc(Cl)ccc1F. The zero-order valence-electron chi connectivity index (χ0n) is 12.3. The van der Waals surface area contributed by atoms with Crippen LogP contribution in [0.25, 0.3) is 10.9 Å². The fourth-order valence-electron chi connectivity index (χ4n) is 2.23. The quantitative estimate of drug-likeness (QED) is 0.707. The van der Waals surface area contributed by atoms with Crippen molar-refractivity contribution in [1.82, 2.24) is 4.98 Å². The third-order valence-corrected chi connectivity index (χ3v) is 3.58. The molecular formula is C17H12ClFN2O3. The summed E-state index contributed by atoms with van der Waals surface area (Å²) in [7, 11) is 0. The van der Waals surface area contributed by atoms with E-state index in [1.807, 2.05) is 12.1 Å². The number of esters is 1. The van der Waals surface area contributed by atoms with E-state index in [0.29, 0.717) is 10.9 Å². The number of aromatic amines is 1. The van der Waals surface area contributed by atoms with Crippen LogP contribution in [0.3, 0.4) is 0 Å². The van der Waals surface area contributed by atoms with Crippen LogP contribution in [0.2, 0.25) is 5.02 Å². The highest BCUT2D eigenvalue weighted by Crippen LogP contribution is 2.20. The third-order valence-electron chi connectivity index (χ3n) is 3.35. The minimum absolute atomic E-state index is 0.0735. The largest absolute Gasteiger partial charge is 0.452 e. The molecule has 0 aliphatic rings. The molecule has 1 amide bonds. The van der Waals surface area contributed by atoms with Crippen LogP contribution in [0, 0.1) is 5.82 Å². The first-order valence-corrected chi connectivity index (χ1v) is 7.40. The van der Waals surface area contributed by atoms with Crippen LogP contribution in [0.1, 0.15) is 10.4 Å². The fraction of sp³-hybridized carbons (Fsp3) is 0.0588. The summed E-state index contributed by atoms with van der Waals surface area (Å²) in [5, 5.41) is 3.28. The minimum Gasteiger partial charge on any atom is -0.452 e. The number of hydrogen-bond donors (Lipinski definition) is 2. The first kappa shape index (κ1) is 16.0. The molecule has 0 saturated carbocycles. The van der Waals surface area contributed by atoms with Crippen molar-refractivity contribution >= 4 is 40.1 Å². The Balaban J connectivity index is 1.64. The lowest BCUT2D eigenvalue weighted by Crippen LogP contribution is -2.21. The Morgan fingerprint density at radius 3 is 2.83 bits per heavy atom. The Morgan fingerprint density at radius 1 is 1.21 bits per heavy atom. The van der Waals surface area contributed by atoms with Gasteiger partial charge in [-0.15, -0.1) is 0 Å². The number of ether oxygens (including phenoxy) is 1. The van der Waals surface area contributed by atoms with Crippen molar-refractivity contribution in [3.8, 4) is 0 Å². The zero-order valence-corrected chi connectivity index (χ0v) is 13.1. The highest BCUT2D eigenvalue weighted by atomic mass is 35.5. The average Bonchev–Trinajstić information content (AvgIpc) is 3.00. The summed E-state index contributed by atoms with van der Waals surface area (Å²) in [5.74, 6) is -1.94. The summed E-state index contributed by atoms with van der Waals surface area (Å²) in [6.45, 7) is -0.537. The van der Waals surface area contributed by atoms with E-state index in [4.69, 9.17) is 16.3 Å². The van der Waals surface area contributed by atoms with Gasteiger partial charge in [-0.25, -0.2) is 9.18 Å². The molecule has 122 valence electrons. The molecule has 1 aromatic heterocycles. The average molecular weight is 347 g/mol. The number of anilines is 1. The van der Waals surface area contributed by atoms with Crippen LogP contribution in [-0.4, -0.2) is 23.5 Å². The molecular weight excluding hydrogens is 335 g/mol. The van der Waals surface area contributed by atoms with Gasteiger partial charge in [0.1, 0.15) is 5.82 Å². The first-order valence-electron chi connectivity index (χ1n) is 7.03. The van der Waals surface area contributed by atoms with Crippen LogP contribution in [0.4, 0.5) is 10.1 Å². The number of H-pyrrole nitrogens is 1. The lowest BCUT2D eigenvalue weighted by molar-refractivity contribution is -0.119. The molecule has 24 heavy (non-hydrogen) atoms. The number of benzene rings is 2. The summed E-state index contributed by atoms with van der Waals surface area (Å²) in [4.78, 5) is 26.8. The van der Waals surface area contributed by atoms with Gasteiger partial charge < -0.3 is 15.0 Å². The van der Waals surface area contributed by atoms with Gasteiger partial charge in [0.05, 0.1) is 11.3 Å². The van der Waals surface area contributed by atoms with Crippen molar-refractivity contribution < 1.29 is 18.7 Å². The maximum atomic E-state index is 13.5. The van der Waals surface area contributed by atoms with E-state index in [-0.39, 0.29) is 10.7 Å². The lowest BCUT2D eigenvalue weighted by atomic mass is 10.2. The van der Waals surface area contributed by atoms with E-state index in [1.165, 1.54) is 18.3 Å².